The molecular formula is C22H35NO3. The van der Waals surface area contributed by atoms with E-state index in [4.69, 9.17) is 9.47 Å². The molecule has 0 radical (unpaired) electrons. The summed E-state index contributed by atoms with van der Waals surface area (Å²) < 4.78 is 11.8. The van der Waals surface area contributed by atoms with E-state index in [0.717, 1.165) is 31.1 Å². The Hall–Kier alpha value is -1.55. The van der Waals surface area contributed by atoms with Crippen molar-refractivity contribution in [1.82, 2.24) is 0 Å². The summed E-state index contributed by atoms with van der Waals surface area (Å²) in [6.45, 7) is 8.51. The van der Waals surface area contributed by atoms with Gasteiger partial charge in [-0.1, -0.05) is 52.0 Å². The fraction of sp³-hybridized carbons (Fsp3) is 0.682. The maximum absolute atomic E-state index is 11.6. The number of anilines is 1. The normalized spacial score (nSPS) is 17.5. The first-order valence-electron chi connectivity index (χ1n) is 10.2. The summed E-state index contributed by atoms with van der Waals surface area (Å²) in [5.41, 5.74) is 1.92. The second-order valence-electron chi connectivity index (χ2n) is 7.60. The van der Waals surface area contributed by atoms with Gasteiger partial charge in [-0.3, -0.25) is 4.79 Å². The molecule has 2 atom stereocenters. The van der Waals surface area contributed by atoms with E-state index < -0.39 is 0 Å². The standard InChI is InChI=1S/C22H35NO3/c1-5-16(2)20-11-12-22(21(15-20)23-17(3)24)26-18(4)25-14-13-19-9-7-6-8-10-19/h11-12,15-16,18-19H,5-10,13-14H2,1-4H3,(H,23,24). The number of carbonyl (C=O) groups excluding carboxylic acids is 1. The van der Waals surface area contributed by atoms with Gasteiger partial charge in [0.1, 0.15) is 5.75 Å². The number of rotatable bonds is 9. The van der Waals surface area contributed by atoms with Crippen molar-refractivity contribution >= 4 is 11.6 Å². The Balaban J connectivity index is 1.92. The number of ether oxygens (including phenoxy) is 2. The number of hydrogen-bond acceptors (Lipinski definition) is 3. The molecule has 4 heteroatoms. The van der Waals surface area contributed by atoms with Crippen LogP contribution in [0.2, 0.25) is 0 Å². The average molecular weight is 362 g/mol. The van der Waals surface area contributed by atoms with Gasteiger partial charge in [0.15, 0.2) is 6.29 Å². The molecule has 0 bridgehead atoms. The smallest absolute Gasteiger partial charge is 0.221 e. The Bertz CT molecular complexity index is 567. The van der Waals surface area contributed by atoms with E-state index in [-0.39, 0.29) is 12.2 Å². The zero-order valence-electron chi connectivity index (χ0n) is 16.8. The van der Waals surface area contributed by atoms with Crippen molar-refractivity contribution in [3.05, 3.63) is 23.8 Å². The Morgan fingerprint density at radius 2 is 1.96 bits per heavy atom. The lowest BCUT2D eigenvalue weighted by molar-refractivity contribution is -0.114. The molecule has 2 rings (SSSR count). The third-order valence-corrected chi connectivity index (χ3v) is 5.39. The van der Waals surface area contributed by atoms with Gasteiger partial charge in [-0.15, -0.1) is 0 Å². The Labute approximate surface area is 158 Å². The van der Waals surface area contributed by atoms with E-state index in [1.54, 1.807) is 0 Å². The highest BCUT2D eigenvalue weighted by atomic mass is 16.7. The van der Waals surface area contributed by atoms with Crippen LogP contribution in [0.15, 0.2) is 18.2 Å². The van der Waals surface area contributed by atoms with Crippen LogP contribution in [-0.4, -0.2) is 18.8 Å². The fourth-order valence-corrected chi connectivity index (χ4v) is 3.57. The molecule has 146 valence electrons. The van der Waals surface area contributed by atoms with Gasteiger partial charge in [-0.2, -0.15) is 0 Å². The van der Waals surface area contributed by atoms with Crippen LogP contribution < -0.4 is 10.1 Å². The highest BCUT2D eigenvalue weighted by Gasteiger charge is 2.15. The zero-order chi connectivity index (χ0) is 18.9. The molecule has 1 N–H and O–H groups in total. The van der Waals surface area contributed by atoms with Crippen LogP contribution in [0.4, 0.5) is 5.69 Å². The van der Waals surface area contributed by atoms with Crippen LogP contribution in [-0.2, 0) is 9.53 Å². The molecule has 0 spiro atoms. The van der Waals surface area contributed by atoms with Crippen molar-refractivity contribution in [3.8, 4) is 5.75 Å². The number of nitrogens with one attached hydrogen (secondary N) is 1. The maximum Gasteiger partial charge on any atom is 0.221 e. The second-order valence-corrected chi connectivity index (χ2v) is 7.60. The van der Waals surface area contributed by atoms with Gasteiger partial charge in [0.05, 0.1) is 12.3 Å². The van der Waals surface area contributed by atoms with Crippen molar-refractivity contribution < 1.29 is 14.3 Å². The molecule has 4 nitrogen and oxygen atoms in total. The van der Waals surface area contributed by atoms with Gasteiger partial charge in [0.25, 0.3) is 0 Å². The fourth-order valence-electron chi connectivity index (χ4n) is 3.57. The van der Waals surface area contributed by atoms with Gasteiger partial charge >= 0.3 is 0 Å². The minimum absolute atomic E-state index is 0.0954. The lowest BCUT2D eigenvalue weighted by Gasteiger charge is -2.23. The summed E-state index contributed by atoms with van der Waals surface area (Å²) >= 11 is 0. The molecule has 1 aliphatic rings. The predicted octanol–water partition coefficient (Wildman–Crippen LogP) is 5.87. The molecule has 1 aromatic carbocycles. The number of carbonyl (C=O) groups is 1. The molecular weight excluding hydrogens is 326 g/mol. The molecule has 1 saturated carbocycles. The Kier molecular flexibility index (Phi) is 8.43. The predicted molar refractivity (Wildman–Crippen MR) is 107 cm³/mol. The van der Waals surface area contributed by atoms with E-state index in [1.165, 1.54) is 44.6 Å². The average Bonchev–Trinajstić information content (AvgIpc) is 2.63. The zero-order valence-corrected chi connectivity index (χ0v) is 16.8. The summed E-state index contributed by atoms with van der Waals surface area (Å²) in [5.74, 6) is 1.82. The van der Waals surface area contributed by atoms with Crippen molar-refractivity contribution in [3.63, 3.8) is 0 Å². The highest BCUT2D eigenvalue weighted by Crippen LogP contribution is 2.31. The monoisotopic (exact) mass is 361 g/mol. The van der Waals surface area contributed by atoms with Crippen molar-refractivity contribution in [1.29, 1.82) is 0 Å². The van der Waals surface area contributed by atoms with E-state index >= 15 is 0 Å². The number of hydrogen-bond donors (Lipinski definition) is 1. The summed E-state index contributed by atoms with van der Waals surface area (Å²) in [5, 5.41) is 2.89. The molecule has 1 aliphatic carbocycles. The first-order chi connectivity index (χ1) is 12.5. The number of amides is 1. The molecule has 26 heavy (non-hydrogen) atoms. The maximum atomic E-state index is 11.6. The van der Waals surface area contributed by atoms with Crippen molar-refractivity contribution in [2.45, 2.75) is 84.8 Å². The van der Waals surface area contributed by atoms with Crippen molar-refractivity contribution in [2.75, 3.05) is 11.9 Å². The second kappa shape index (κ2) is 10.6. The van der Waals surface area contributed by atoms with Crippen LogP contribution in [0.3, 0.4) is 0 Å². The topological polar surface area (TPSA) is 47.6 Å². The van der Waals surface area contributed by atoms with Crippen LogP contribution in [0.5, 0.6) is 5.75 Å². The van der Waals surface area contributed by atoms with E-state index in [9.17, 15) is 4.79 Å². The van der Waals surface area contributed by atoms with Crippen LogP contribution in [0.25, 0.3) is 0 Å². The molecule has 0 aromatic heterocycles. The summed E-state index contributed by atoms with van der Waals surface area (Å²) in [7, 11) is 0. The van der Waals surface area contributed by atoms with Crippen LogP contribution >= 0.6 is 0 Å². The third kappa shape index (κ3) is 6.64. The van der Waals surface area contributed by atoms with Gasteiger partial charge in [-0.25, -0.2) is 0 Å². The van der Waals surface area contributed by atoms with Gasteiger partial charge in [-0.05, 0) is 49.3 Å². The molecule has 1 aromatic rings. The van der Waals surface area contributed by atoms with Gasteiger partial charge in [0.2, 0.25) is 5.91 Å². The van der Waals surface area contributed by atoms with Crippen LogP contribution in [0.1, 0.15) is 84.1 Å². The summed E-state index contributed by atoms with van der Waals surface area (Å²) in [6.07, 6.45) is 8.61. The van der Waals surface area contributed by atoms with Crippen LogP contribution in [0, 0.1) is 5.92 Å². The lowest BCUT2D eigenvalue weighted by atomic mass is 9.87. The SMILES string of the molecule is CCC(C)c1ccc(OC(C)OCCC2CCCCC2)c(NC(C)=O)c1. The third-order valence-electron chi connectivity index (χ3n) is 5.39. The van der Waals surface area contributed by atoms with E-state index in [2.05, 4.69) is 25.2 Å². The Morgan fingerprint density at radius 1 is 1.23 bits per heavy atom. The molecule has 0 aliphatic heterocycles. The molecule has 0 saturated heterocycles. The summed E-state index contributed by atoms with van der Waals surface area (Å²) in [6, 6.07) is 6.02. The van der Waals surface area contributed by atoms with E-state index in [0.29, 0.717) is 11.7 Å². The highest BCUT2D eigenvalue weighted by molar-refractivity contribution is 5.90. The molecule has 1 amide bonds. The summed E-state index contributed by atoms with van der Waals surface area (Å²) in [4.78, 5) is 11.6. The molecule has 0 heterocycles. The first kappa shape index (κ1) is 20.8. The van der Waals surface area contributed by atoms with Gasteiger partial charge < -0.3 is 14.8 Å². The first-order valence-corrected chi connectivity index (χ1v) is 10.2. The quantitative estimate of drug-likeness (QED) is 0.560. The van der Waals surface area contributed by atoms with E-state index in [1.807, 2.05) is 19.1 Å². The van der Waals surface area contributed by atoms with Crippen molar-refractivity contribution in [2.24, 2.45) is 5.92 Å². The molecule has 2 unspecified atom stereocenters. The Morgan fingerprint density at radius 3 is 2.62 bits per heavy atom. The minimum atomic E-state index is -0.333. The molecule has 1 fully saturated rings. The number of benzene rings is 1. The largest absolute Gasteiger partial charge is 0.463 e. The van der Waals surface area contributed by atoms with Gasteiger partial charge in [0, 0.05) is 6.92 Å². The lowest BCUT2D eigenvalue weighted by Crippen LogP contribution is -2.20. The minimum Gasteiger partial charge on any atom is -0.463 e.